The van der Waals surface area contributed by atoms with E-state index in [-0.39, 0.29) is 48.5 Å². The van der Waals surface area contributed by atoms with Crippen LogP contribution in [0, 0.1) is 17.8 Å². The molecule has 0 saturated heterocycles. The number of hydroxylamine groups is 1. The molecule has 65 heavy (non-hydrogen) atoms. The number of unbranched alkanes of at least 4 members (excludes halogenated alkanes) is 2. The van der Waals surface area contributed by atoms with Gasteiger partial charge in [0.1, 0.15) is 6.04 Å². The van der Waals surface area contributed by atoms with Gasteiger partial charge in [-0.3, -0.25) is 44.0 Å². The molecule has 0 aliphatic rings. The highest BCUT2D eigenvalue weighted by Crippen LogP contribution is 2.15. The van der Waals surface area contributed by atoms with Crippen molar-refractivity contribution in [2.45, 2.75) is 124 Å². The van der Waals surface area contributed by atoms with Crippen molar-refractivity contribution in [1.82, 2.24) is 32.1 Å². The van der Waals surface area contributed by atoms with Gasteiger partial charge in [0.2, 0.25) is 35.4 Å². The summed E-state index contributed by atoms with van der Waals surface area (Å²) in [6.07, 6.45) is 5.37. The van der Waals surface area contributed by atoms with Gasteiger partial charge in [-0.15, -0.1) is 0 Å². The molecule has 0 spiro atoms. The Morgan fingerprint density at radius 3 is 1.65 bits per heavy atom. The van der Waals surface area contributed by atoms with Gasteiger partial charge in [-0.2, -0.15) is 0 Å². The maximum atomic E-state index is 13.1. The van der Waals surface area contributed by atoms with Crippen LogP contribution in [0.3, 0.4) is 0 Å². The molecular formula is C42H85N13O10. The third-order valence-electron chi connectivity index (χ3n) is 8.69. The van der Waals surface area contributed by atoms with Gasteiger partial charge in [-0.05, 0) is 76.0 Å². The number of nitrogens with zero attached hydrogens (tertiary/aromatic N) is 2. The molecule has 0 saturated carbocycles. The summed E-state index contributed by atoms with van der Waals surface area (Å²) < 4.78 is 16.6. The average molecular weight is 932 g/mol. The van der Waals surface area contributed by atoms with Crippen molar-refractivity contribution in [2.75, 3.05) is 78.9 Å². The standard InChI is InChI=1S/C38H75N13O10.C4H10/c1-27(2)24-28(25-32(53)51-58)34(55)49-26-33(54)45-16-8-18-59-20-22-61-23-21-60-19-9-17-46-36(57)30(50-35(56)29(39)10-7-15-48-38(42)43)11-3-5-13-44-31(52)12-4-6-14-47-37(40)41;1-4(2)3/h27-30,58H,3-26,39H2,1-2H3,(H,44,52)(H,45,54)(H,46,57)(H,49,55)(H,50,56)(H,51,53)(H4,40,41,47)(H4,42,43,48);4H,1-3H3. The van der Waals surface area contributed by atoms with Crippen molar-refractivity contribution in [3.8, 4) is 0 Å². The number of ether oxygens (including phenoxy) is 3. The number of rotatable bonds is 38. The lowest BCUT2D eigenvalue weighted by Gasteiger charge is -2.21. The van der Waals surface area contributed by atoms with Crippen LogP contribution in [0.1, 0.15) is 112 Å². The summed E-state index contributed by atoms with van der Waals surface area (Å²) in [5.41, 5.74) is 28.9. The van der Waals surface area contributed by atoms with Gasteiger partial charge in [0.25, 0.3) is 0 Å². The van der Waals surface area contributed by atoms with Crippen molar-refractivity contribution >= 4 is 47.4 Å². The molecule has 0 bridgehead atoms. The van der Waals surface area contributed by atoms with Crippen LogP contribution in [-0.4, -0.2) is 144 Å². The third-order valence-corrected chi connectivity index (χ3v) is 8.69. The number of carbonyl (C=O) groups is 6. The molecule has 23 heteroatoms. The van der Waals surface area contributed by atoms with E-state index < -0.39 is 35.7 Å². The highest BCUT2D eigenvalue weighted by atomic mass is 16.5. The summed E-state index contributed by atoms with van der Waals surface area (Å²) in [5, 5.41) is 22.4. The minimum atomic E-state index is -0.849. The molecule has 3 unspecified atom stereocenters. The van der Waals surface area contributed by atoms with Crippen LogP contribution in [0.15, 0.2) is 9.98 Å². The molecule has 0 aromatic rings. The normalized spacial score (nSPS) is 12.1. The van der Waals surface area contributed by atoms with Crippen LogP contribution in [0.5, 0.6) is 0 Å². The molecule has 0 radical (unpaired) electrons. The maximum absolute atomic E-state index is 13.1. The molecule has 378 valence electrons. The lowest BCUT2D eigenvalue weighted by atomic mass is 9.93. The van der Waals surface area contributed by atoms with Gasteiger partial charge in [-0.1, -0.05) is 34.6 Å². The van der Waals surface area contributed by atoms with Crippen LogP contribution in [0.25, 0.3) is 0 Å². The minimum absolute atomic E-state index is 0.0211. The van der Waals surface area contributed by atoms with Crippen LogP contribution >= 0.6 is 0 Å². The second-order valence-corrected chi connectivity index (χ2v) is 16.4. The Morgan fingerprint density at radius 1 is 0.569 bits per heavy atom. The maximum Gasteiger partial charge on any atom is 0.244 e. The molecule has 0 aliphatic carbocycles. The van der Waals surface area contributed by atoms with E-state index in [4.69, 9.17) is 48.1 Å². The van der Waals surface area contributed by atoms with Crippen LogP contribution < -0.4 is 60.7 Å². The molecule has 23 nitrogen and oxygen atoms in total. The number of nitrogens with one attached hydrogen (secondary N) is 6. The van der Waals surface area contributed by atoms with Crippen molar-refractivity contribution in [3.63, 3.8) is 0 Å². The van der Waals surface area contributed by atoms with Crippen LogP contribution in [0.4, 0.5) is 0 Å². The molecule has 0 aliphatic heterocycles. The van der Waals surface area contributed by atoms with E-state index in [0.717, 1.165) is 5.92 Å². The lowest BCUT2D eigenvalue weighted by Crippen LogP contribution is -2.51. The fraction of sp³-hybridized carbons (Fsp3) is 0.810. The Labute approximate surface area is 386 Å². The highest BCUT2D eigenvalue weighted by molar-refractivity contribution is 5.90. The van der Waals surface area contributed by atoms with Crippen LogP contribution in [0.2, 0.25) is 0 Å². The molecule has 3 atom stereocenters. The topological polar surface area (TPSA) is 377 Å². The number of nitrogens with two attached hydrogens (primary N) is 5. The molecule has 0 rings (SSSR count). The Hall–Kier alpha value is -4.84. The SMILES string of the molecule is CC(C)C.CC(C)CC(CC(=O)NO)C(=O)NCC(=O)NCCCOCCOCCOCCCNC(=O)C(CCCCNC(=O)CCCCN=C(N)N)NC(=O)C(N)CCCN=C(N)N. The van der Waals surface area contributed by atoms with E-state index in [9.17, 15) is 28.8 Å². The second-order valence-electron chi connectivity index (χ2n) is 16.4. The number of hydrogen-bond donors (Lipinski definition) is 12. The van der Waals surface area contributed by atoms with E-state index in [2.05, 4.69) is 57.3 Å². The molecule has 0 heterocycles. The van der Waals surface area contributed by atoms with Gasteiger partial charge in [-0.25, -0.2) is 5.48 Å². The first kappa shape index (κ1) is 62.2. The summed E-state index contributed by atoms with van der Waals surface area (Å²) in [7, 11) is 0. The predicted octanol–water partition coefficient (Wildman–Crippen LogP) is -1.02. The monoisotopic (exact) mass is 932 g/mol. The summed E-state index contributed by atoms with van der Waals surface area (Å²) in [5.74, 6) is -2.05. The van der Waals surface area contributed by atoms with Gasteiger partial charge < -0.3 is 69.5 Å². The zero-order valence-electron chi connectivity index (χ0n) is 39.8. The van der Waals surface area contributed by atoms with E-state index >= 15 is 0 Å². The first-order chi connectivity index (χ1) is 30.9. The van der Waals surface area contributed by atoms with Gasteiger partial charge in [0, 0.05) is 64.7 Å². The lowest BCUT2D eigenvalue weighted by molar-refractivity contribution is -0.135. The zero-order chi connectivity index (χ0) is 49.3. The number of carbonyl (C=O) groups excluding carboxylic acids is 6. The first-order valence-electron chi connectivity index (χ1n) is 22.8. The van der Waals surface area contributed by atoms with Crippen molar-refractivity contribution in [3.05, 3.63) is 0 Å². The Morgan fingerprint density at radius 2 is 1.09 bits per heavy atom. The van der Waals surface area contributed by atoms with Gasteiger partial charge >= 0.3 is 0 Å². The van der Waals surface area contributed by atoms with E-state index in [1.807, 2.05) is 13.8 Å². The Kier molecular flexibility index (Phi) is 40.1. The number of aliphatic imine (C=N–C) groups is 2. The van der Waals surface area contributed by atoms with E-state index in [1.165, 1.54) is 5.48 Å². The van der Waals surface area contributed by atoms with E-state index in [0.29, 0.717) is 143 Å². The Bertz CT molecular complexity index is 1360. The molecule has 0 aromatic heterocycles. The van der Waals surface area contributed by atoms with Crippen LogP contribution in [-0.2, 0) is 43.0 Å². The van der Waals surface area contributed by atoms with Gasteiger partial charge in [0.05, 0.1) is 39.0 Å². The minimum Gasteiger partial charge on any atom is -0.379 e. The number of guanidine groups is 2. The van der Waals surface area contributed by atoms with Crippen molar-refractivity contribution in [2.24, 2.45) is 56.4 Å². The molecule has 6 amide bonds. The van der Waals surface area contributed by atoms with Gasteiger partial charge in [0.15, 0.2) is 11.9 Å². The molecule has 0 aromatic carbocycles. The van der Waals surface area contributed by atoms with Crippen molar-refractivity contribution < 1.29 is 48.2 Å². The number of hydrogen-bond acceptors (Lipinski definition) is 13. The zero-order valence-corrected chi connectivity index (χ0v) is 39.8. The second kappa shape index (κ2) is 41.8. The largest absolute Gasteiger partial charge is 0.379 e. The predicted molar refractivity (Wildman–Crippen MR) is 250 cm³/mol. The van der Waals surface area contributed by atoms with Crippen molar-refractivity contribution in [1.29, 1.82) is 0 Å². The summed E-state index contributed by atoms with van der Waals surface area (Å²) in [6.45, 7) is 14.2. The average Bonchev–Trinajstić information content (AvgIpc) is 3.23. The molecule has 17 N–H and O–H groups in total. The quantitative estimate of drug-likeness (QED) is 0.0116. The molecule has 0 fully saturated rings. The smallest absolute Gasteiger partial charge is 0.244 e. The summed E-state index contributed by atoms with van der Waals surface area (Å²) in [4.78, 5) is 81.8. The third kappa shape index (κ3) is 42.9. The fourth-order valence-corrected chi connectivity index (χ4v) is 5.54. The number of amides is 6. The Balaban J connectivity index is 0. The van der Waals surface area contributed by atoms with E-state index in [1.54, 1.807) is 0 Å². The summed E-state index contributed by atoms with van der Waals surface area (Å²) >= 11 is 0. The summed E-state index contributed by atoms with van der Waals surface area (Å²) in [6, 6.07) is -1.67. The first-order valence-corrected chi connectivity index (χ1v) is 22.8. The highest BCUT2D eigenvalue weighted by Gasteiger charge is 2.24. The fourth-order valence-electron chi connectivity index (χ4n) is 5.54. The molecular weight excluding hydrogens is 847 g/mol.